The van der Waals surface area contributed by atoms with Crippen LogP contribution in [0.5, 0.6) is 5.75 Å². The number of nitrogens with zero attached hydrogens (tertiary/aromatic N) is 2. The Bertz CT molecular complexity index is 1120. The topological polar surface area (TPSA) is 41.9 Å². The molecule has 0 atom stereocenters. The lowest BCUT2D eigenvalue weighted by atomic mass is 10.0. The maximum Gasteiger partial charge on any atom is 0.264 e. The van der Waals surface area contributed by atoms with Gasteiger partial charge in [0, 0.05) is 12.3 Å². The van der Waals surface area contributed by atoms with Gasteiger partial charge in [-0.05, 0) is 48.7 Å². The van der Waals surface area contributed by atoms with Crippen LogP contribution in [-0.4, -0.2) is 35.7 Å². The number of thioether (sulfide) groups is 1. The summed E-state index contributed by atoms with van der Waals surface area (Å²) < 4.78 is 5.83. The molecule has 4 nitrogen and oxygen atoms in total. The normalized spacial score (nSPS) is 13.6. The zero-order valence-corrected chi connectivity index (χ0v) is 18.5. The van der Waals surface area contributed by atoms with Crippen molar-refractivity contribution in [2.75, 3.05) is 19.7 Å². The van der Waals surface area contributed by atoms with Crippen LogP contribution >= 0.6 is 11.8 Å². The van der Waals surface area contributed by atoms with Crippen molar-refractivity contribution in [1.82, 2.24) is 4.90 Å². The quantitative estimate of drug-likeness (QED) is 0.541. The van der Waals surface area contributed by atoms with Gasteiger partial charge >= 0.3 is 0 Å². The van der Waals surface area contributed by atoms with E-state index in [2.05, 4.69) is 37.0 Å². The zero-order chi connectivity index (χ0) is 21.1. The van der Waals surface area contributed by atoms with Gasteiger partial charge in [-0.2, -0.15) is 0 Å². The van der Waals surface area contributed by atoms with Crippen molar-refractivity contribution in [1.29, 1.82) is 0 Å². The molecule has 0 radical (unpaired) electrons. The first-order valence-corrected chi connectivity index (χ1v) is 11.3. The van der Waals surface area contributed by atoms with Crippen LogP contribution in [0.3, 0.4) is 0 Å². The second-order valence-electron chi connectivity index (χ2n) is 7.43. The minimum Gasteiger partial charge on any atom is -0.493 e. The molecule has 0 aliphatic carbocycles. The van der Waals surface area contributed by atoms with Gasteiger partial charge in [0.15, 0.2) is 5.17 Å². The number of amidine groups is 1. The Morgan fingerprint density at radius 2 is 1.97 bits per heavy atom. The third-order valence-corrected chi connectivity index (χ3v) is 6.38. The van der Waals surface area contributed by atoms with E-state index in [9.17, 15) is 4.79 Å². The predicted molar refractivity (Wildman–Crippen MR) is 126 cm³/mol. The van der Waals surface area contributed by atoms with E-state index >= 15 is 0 Å². The predicted octanol–water partition coefficient (Wildman–Crippen LogP) is 5.60. The van der Waals surface area contributed by atoms with Crippen molar-refractivity contribution in [3.05, 3.63) is 76.9 Å². The Balaban J connectivity index is 1.62. The largest absolute Gasteiger partial charge is 0.493 e. The second-order valence-corrected chi connectivity index (χ2v) is 8.38. The van der Waals surface area contributed by atoms with Gasteiger partial charge in [0.25, 0.3) is 5.91 Å². The number of aliphatic imine (C=N–C) groups is 1. The number of hydrogen-bond donors (Lipinski definition) is 0. The fourth-order valence-corrected chi connectivity index (χ4v) is 4.83. The molecular weight excluding hydrogens is 392 g/mol. The van der Waals surface area contributed by atoms with Crippen LogP contribution in [0.4, 0.5) is 0 Å². The lowest BCUT2D eigenvalue weighted by Gasteiger charge is -2.21. The average Bonchev–Trinajstić information content (AvgIpc) is 3.22. The minimum absolute atomic E-state index is 0.0417. The van der Waals surface area contributed by atoms with Gasteiger partial charge in [0.1, 0.15) is 5.75 Å². The van der Waals surface area contributed by atoms with Gasteiger partial charge in [-0.25, -0.2) is 0 Å². The van der Waals surface area contributed by atoms with Gasteiger partial charge in [-0.15, -0.1) is 0 Å². The number of carbonyl (C=O) groups excluding carboxylic acids is 1. The fourth-order valence-electron chi connectivity index (χ4n) is 3.72. The van der Waals surface area contributed by atoms with Gasteiger partial charge in [0.2, 0.25) is 0 Å². The van der Waals surface area contributed by atoms with Gasteiger partial charge < -0.3 is 4.74 Å². The van der Waals surface area contributed by atoms with E-state index in [1.165, 1.54) is 16.7 Å². The van der Waals surface area contributed by atoms with E-state index in [0.29, 0.717) is 31.0 Å². The molecule has 1 aliphatic rings. The van der Waals surface area contributed by atoms with Gasteiger partial charge in [-0.3, -0.25) is 14.7 Å². The first-order chi connectivity index (χ1) is 14.6. The molecule has 0 aromatic heterocycles. The Morgan fingerprint density at radius 1 is 1.13 bits per heavy atom. The number of hydrogen-bond acceptors (Lipinski definition) is 4. The molecule has 4 rings (SSSR count). The molecule has 30 heavy (non-hydrogen) atoms. The molecule has 0 spiro atoms. The Kier molecular flexibility index (Phi) is 6.09. The molecular formula is C25H26N2O2S. The molecule has 1 aliphatic heterocycles. The highest BCUT2D eigenvalue weighted by Gasteiger charge is 2.29. The third kappa shape index (κ3) is 4.08. The second kappa shape index (κ2) is 8.92. The number of fused-ring (bicyclic) bond motifs is 1. The molecule has 5 heteroatoms. The third-order valence-electron chi connectivity index (χ3n) is 5.31. The molecule has 1 heterocycles. The summed E-state index contributed by atoms with van der Waals surface area (Å²) in [5.74, 6) is 1.39. The molecule has 3 aromatic carbocycles. The molecule has 0 N–H and O–H groups in total. The summed E-state index contributed by atoms with van der Waals surface area (Å²) in [6.45, 7) is 7.91. The van der Waals surface area contributed by atoms with E-state index in [1.54, 1.807) is 16.7 Å². The highest BCUT2D eigenvalue weighted by Crippen LogP contribution is 2.31. The van der Waals surface area contributed by atoms with Crippen LogP contribution in [0.25, 0.3) is 10.8 Å². The van der Waals surface area contributed by atoms with E-state index < -0.39 is 0 Å². The summed E-state index contributed by atoms with van der Waals surface area (Å²) in [5, 5.41) is 2.74. The molecule has 0 unspecified atom stereocenters. The summed E-state index contributed by atoms with van der Waals surface area (Å²) in [4.78, 5) is 20.1. The van der Waals surface area contributed by atoms with Crippen molar-refractivity contribution in [3.8, 4) is 5.75 Å². The maximum absolute atomic E-state index is 13.7. The van der Waals surface area contributed by atoms with Gasteiger partial charge in [-0.1, -0.05) is 65.9 Å². The Morgan fingerprint density at radius 3 is 2.80 bits per heavy atom. The number of ether oxygens (including phenoxy) is 1. The summed E-state index contributed by atoms with van der Waals surface area (Å²) in [7, 11) is 0. The average molecular weight is 419 g/mol. The standard InChI is InChI=1S/C25H26N2O2S/c1-4-29-22-12-11-19-7-5-6-8-21(19)23(22)24(28)27-14-13-26-25(27)30-16-20-15-17(2)9-10-18(20)3/h5-12,15H,4,13-14,16H2,1-3H3. The molecule has 0 saturated heterocycles. The molecule has 3 aromatic rings. The van der Waals surface area contributed by atoms with Crippen LogP contribution < -0.4 is 4.74 Å². The first kappa shape index (κ1) is 20.5. The number of benzene rings is 3. The van der Waals surface area contributed by atoms with E-state index in [4.69, 9.17) is 4.74 Å². The Hall–Kier alpha value is -2.79. The smallest absolute Gasteiger partial charge is 0.264 e. The van der Waals surface area contributed by atoms with E-state index in [-0.39, 0.29) is 5.91 Å². The van der Waals surface area contributed by atoms with Crippen molar-refractivity contribution >= 4 is 33.6 Å². The first-order valence-electron chi connectivity index (χ1n) is 10.3. The summed E-state index contributed by atoms with van der Waals surface area (Å²) in [6.07, 6.45) is 0. The highest BCUT2D eigenvalue weighted by molar-refractivity contribution is 8.13. The monoisotopic (exact) mass is 418 g/mol. The summed E-state index contributed by atoms with van der Waals surface area (Å²) >= 11 is 1.63. The number of amides is 1. The van der Waals surface area contributed by atoms with E-state index in [1.807, 2.05) is 43.3 Å². The molecule has 1 amide bonds. The van der Waals surface area contributed by atoms with Crippen LogP contribution in [0.1, 0.15) is 34.0 Å². The van der Waals surface area contributed by atoms with Crippen LogP contribution in [-0.2, 0) is 5.75 Å². The Labute approximate surface area is 182 Å². The number of carbonyl (C=O) groups is 1. The highest BCUT2D eigenvalue weighted by atomic mass is 32.2. The summed E-state index contributed by atoms with van der Waals surface area (Å²) in [6, 6.07) is 18.3. The minimum atomic E-state index is -0.0417. The molecule has 0 saturated carbocycles. The van der Waals surface area contributed by atoms with Crippen molar-refractivity contribution < 1.29 is 9.53 Å². The zero-order valence-electron chi connectivity index (χ0n) is 17.6. The van der Waals surface area contributed by atoms with Crippen LogP contribution in [0, 0.1) is 13.8 Å². The van der Waals surface area contributed by atoms with Crippen LogP contribution in [0.15, 0.2) is 59.6 Å². The van der Waals surface area contributed by atoms with E-state index in [0.717, 1.165) is 21.7 Å². The number of aryl methyl sites for hydroxylation is 2. The lowest BCUT2D eigenvalue weighted by molar-refractivity contribution is 0.0858. The molecule has 154 valence electrons. The van der Waals surface area contributed by atoms with Crippen LogP contribution in [0.2, 0.25) is 0 Å². The van der Waals surface area contributed by atoms with Gasteiger partial charge in [0.05, 0.1) is 18.7 Å². The fraction of sp³-hybridized carbons (Fsp3) is 0.280. The van der Waals surface area contributed by atoms with Crippen molar-refractivity contribution in [3.63, 3.8) is 0 Å². The SMILES string of the molecule is CCOc1ccc2ccccc2c1C(=O)N1CCN=C1SCc1cc(C)ccc1C. The van der Waals surface area contributed by atoms with Crippen molar-refractivity contribution in [2.45, 2.75) is 26.5 Å². The maximum atomic E-state index is 13.7. The van der Waals surface area contributed by atoms with Crippen molar-refractivity contribution in [2.24, 2.45) is 4.99 Å². The number of rotatable bonds is 5. The molecule has 0 bridgehead atoms. The molecule has 0 fully saturated rings. The lowest BCUT2D eigenvalue weighted by Crippen LogP contribution is -2.33. The summed E-state index contributed by atoms with van der Waals surface area (Å²) in [5.41, 5.74) is 4.41.